The average molecular weight is 297 g/mol. The van der Waals surface area contributed by atoms with Crippen molar-refractivity contribution in [3.05, 3.63) is 29.6 Å². The summed E-state index contributed by atoms with van der Waals surface area (Å²) in [6, 6.07) is 5.74. The van der Waals surface area contributed by atoms with Crippen molar-refractivity contribution in [2.24, 2.45) is 0 Å². The van der Waals surface area contributed by atoms with Gasteiger partial charge in [-0.05, 0) is 37.9 Å². The highest BCUT2D eigenvalue weighted by atomic mass is 32.2. The quantitative estimate of drug-likeness (QED) is 0.739. The zero-order valence-electron chi connectivity index (χ0n) is 10.9. The Kier molecular flexibility index (Phi) is 4.70. The highest BCUT2D eigenvalue weighted by Gasteiger charge is 2.21. The van der Waals surface area contributed by atoms with Crippen molar-refractivity contribution >= 4 is 10.0 Å². The van der Waals surface area contributed by atoms with Gasteiger partial charge in [-0.3, -0.25) is 0 Å². The highest BCUT2D eigenvalue weighted by molar-refractivity contribution is 7.89. The summed E-state index contributed by atoms with van der Waals surface area (Å²) >= 11 is 0. The lowest BCUT2D eigenvalue weighted by molar-refractivity contribution is 0.569. The summed E-state index contributed by atoms with van der Waals surface area (Å²) in [7, 11) is -3.85. The Morgan fingerprint density at radius 3 is 2.75 bits per heavy atom. The van der Waals surface area contributed by atoms with Crippen molar-refractivity contribution in [1.29, 1.82) is 5.26 Å². The van der Waals surface area contributed by atoms with E-state index in [9.17, 15) is 12.8 Å². The number of rotatable bonds is 7. The van der Waals surface area contributed by atoms with Crippen LogP contribution in [-0.4, -0.2) is 27.5 Å². The number of halogens is 1. The van der Waals surface area contributed by atoms with E-state index >= 15 is 0 Å². The molecule has 5 nitrogen and oxygen atoms in total. The molecule has 0 aromatic heterocycles. The summed E-state index contributed by atoms with van der Waals surface area (Å²) in [6.07, 6.45) is 3.01. The van der Waals surface area contributed by atoms with E-state index in [1.54, 1.807) is 6.07 Å². The summed E-state index contributed by atoms with van der Waals surface area (Å²) in [6.45, 7) is 0.991. The largest absolute Gasteiger partial charge is 0.314 e. The molecule has 1 aliphatic carbocycles. The molecule has 1 aromatic rings. The lowest BCUT2D eigenvalue weighted by Gasteiger charge is -2.08. The van der Waals surface area contributed by atoms with Crippen LogP contribution in [0.2, 0.25) is 0 Å². The topological polar surface area (TPSA) is 82.0 Å². The Morgan fingerprint density at radius 2 is 2.10 bits per heavy atom. The van der Waals surface area contributed by atoms with Gasteiger partial charge in [0.15, 0.2) is 0 Å². The van der Waals surface area contributed by atoms with Crippen LogP contribution in [0.3, 0.4) is 0 Å². The van der Waals surface area contributed by atoms with Crippen molar-refractivity contribution in [1.82, 2.24) is 10.0 Å². The van der Waals surface area contributed by atoms with E-state index in [1.807, 2.05) is 0 Å². The summed E-state index contributed by atoms with van der Waals surface area (Å²) in [5, 5.41) is 12.1. The van der Waals surface area contributed by atoms with Crippen molar-refractivity contribution in [3.8, 4) is 6.07 Å². The minimum Gasteiger partial charge on any atom is -0.314 e. The molecule has 2 rings (SSSR count). The van der Waals surface area contributed by atoms with Gasteiger partial charge in [0.2, 0.25) is 10.0 Å². The predicted octanol–water partition coefficient (Wildman–Crippen LogP) is 1.12. The maximum Gasteiger partial charge on any atom is 0.241 e. The molecule has 0 spiro atoms. The van der Waals surface area contributed by atoms with E-state index in [0.29, 0.717) is 12.5 Å². The van der Waals surface area contributed by atoms with Crippen LogP contribution in [-0.2, 0) is 10.0 Å². The lowest BCUT2D eigenvalue weighted by atomic mass is 10.2. The number of nitrogens with one attached hydrogen (secondary N) is 2. The molecule has 0 heterocycles. The van der Waals surface area contributed by atoms with Gasteiger partial charge >= 0.3 is 0 Å². The lowest BCUT2D eigenvalue weighted by Crippen LogP contribution is -2.28. The number of hydrogen-bond acceptors (Lipinski definition) is 4. The Balaban J connectivity index is 1.95. The van der Waals surface area contributed by atoms with Crippen LogP contribution in [0.5, 0.6) is 0 Å². The number of nitriles is 1. The zero-order chi connectivity index (χ0) is 14.6. The molecule has 0 saturated heterocycles. The molecule has 1 aromatic carbocycles. The molecule has 20 heavy (non-hydrogen) atoms. The molecule has 0 atom stereocenters. The minimum atomic E-state index is -3.85. The fourth-order valence-electron chi connectivity index (χ4n) is 1.80. The van der Waals surface area contributed by atoms with Gasteiger partial charge in [-0.15, -0.1) is 0 Å². The second kappa shape index (κ2) is 6.31. The standard InChI is InChI=1S/C13H16FN3O2S/c14-12-3-1-4-13(11(12)9-15)20(18,19)17-8-2-7-16-10-5-6-10/h1,3-4,10,16-17H,2,5-8H2. The van der Waals surface area contributed by atoms with Crippen molar-refractivity contribution in [2.75, 3.05) is 13.1 Å². The second-order valence-corrected chi connectivity index (χ2v) is 6.44. The molecular weight excluding hydrogens is 281 g/mol. The fourth-order valence-corrected chi connectivity index (χ4v) is 3.04. The van der Waals surface area contributed by atoms with Gasteiger partial charge in [0.05, 0.1) is 0 Å². The number of benzene rings is 1. The molecule has 0 bridgehead atoms. The van der Waals surface area contributed by atoms with Crippen LogP contribution >= 0.6 is 0 Å². The number of nitrogens with zero attached hydrogens (tertiary/aromatic N) is 1. The van der Waals surface area contributed by atoms with Crippen LogP contribution in [0.15, 0.2) is 23.1 Å². The molecule has 0 unspecified atom stereocenters. The molecular formula is C13H16FN3O2S. The van der Waals surface area contributed by atoms with Crippen molar-refractivity contribution < 1.29 is 12.8 Å². The molecule has 108 valence electrons. The predicted molar refractivity (Wildman–Crippen MR) is 71.9 cm³/mol. The van der Waals surface area contributed by atoms with Gasteiger partial charge in [0, 0.05) is 12.6 Å². The minimum absolute atomic E-state index is 0.253. The summed E-state index contributed by atoms with van der Waals surface area (Å²) in [5.41, 5.74) is -0.448. The second-order valence-electron chi connectivity index (χ2n) is 4.70. The Labute approximate surface area is 117 Å². The molecule has 2 N–H and O–H groups in total. The summed E-state index contributed by atoms with van der Waals surface area (Å²) in [4.78, 5) is -0.310. The first-order valence-electron chi connectivity index (χ1n) is 6.46. The summed E-state index contributed by atoms with van der Waals surface area (Å²) in [5.74, 6) is -0.828. The third kappa shape index (κ3) is 3.76. The van der Waals surface area contributed by atoms with Gasteiger partial charge in [-0.25, -0.2) is 17.5 Å². The van der Waals surface area contributed by atoms with Gasteiger partial charge in [-0.1, -0.05) is 6.07 Å². The normalized spacial score (nSPS) is 15.0. The first kappa shape index (κ1) is 14.9. The first-order valence-corrected chi connectivity index (χ1v) is 7.94. The van der Waals surface area contributed by atoms with E-state index in [4.69, 9.17) is 5.26 Å². The monoisotopic (exact) mass is 297 g/mol. The molecule has 1 saturated carbocycles. The maximum atomic E-state index is 13.4. The van der Waals surface area contributed by atoms with Crippen molar-refractivity contribution in [3.63, 3.8) is 0 Å². The molecule has 0 radical (unpaired) electrons. The molecule has 1 fully saturated rings. The summed E-state index contributed by atoms with van der Waals surface area (Å²) < 4.78 is 39.8. The molecule has 1 aliphatic rings. The van der Waals surface area contributed by atoms with Gasteiger partial charge < -0.3 is 5.32 Å². The third-order valence-electron chi connectivity index (χ3n) is 3.03. The third-order valence-corrected chi connectivity index (χ3v) is 4.54. The number of sulfonamides is 1. The van der Waals surface area contributed by atoms with E-state index < -0.39 is 21.4 Å². The van der Waals surface area contributed by atoms with Gasteiger partial charge in [0.1, 0.15) is 22.3 Å². The first-order chi connectivity index (χ1) is 9.54. The Hall–Kier alpha value is -1.49. The van der Waals surface area contributed by atoms with Crippen molar-refractivity contribution in [2.45, 2.75) is 30.2 Å². The van der Waals surface area contributed by atoms with Crippen LogP contribution in [0.25, 0.3) is 0 Å². The van der Waals surface area contributed by atoms with Crippen LogP contribution in [0.4, 0.5) is 4.39 Å². The van der Waals surface area contributed by atoms with E-state index in [-0.39, 0.29) is 11.4 Å². The van der Waals surface area contributed by atoms with E-state index in [2.05, 4.69) is 10.0 Å². The Morgan fingerprint density at radius 1 is 1.35 bits per heavy atom. The maximum absolute atomic E-state index is 13.4. The molecule has 0 amide bonds. The zero-order valence-corrected chi connectivity index (χ0v) is 11.7. The van der Waals surface area contributed by atoms with Crippen LogP contribution < -0.4 is 10.0 Å². The van der Waals surface area contributed by atoms with Gasteiger partial charge in [-0.2, -0.15) is 5.26 Å². The van der Waals surface area contributed by atoms with Crippen LogP contribution in [0, 0.1) is 17.1 Å². The van der Waals surface area contributed by atoms with Crippen LogP contribution in [0.1, 0.15) is 24.8 Å². The fraction of sp³-hybridized carbons (Fsp3) is 0.462. The van der Waals surface area contributed by atoms with E-state index in [1.165, 1.54) is 25.0 Å². The smallest absolute Gasteiger partial charge is 0.241 e. The highest BCUT2D eigenvalue weighted by Crippen LogP contribution is 2.19. The molecule has 7 heteroatoms. The Bertz CT molecular complexity index is 621. The number of hydrogen-bond donors (Lipinski definition) is 2. The SMILES string of the molecule is N#Cc1c(F)cccc1S(=O)(=O)NCCCNC1CC1. The van der Waals surface area contributed by atoms with Gasteiger partial charge in [0.25, 0.3) is 0 Å². The average Bonchev–Trinajstić information content (AvgIpc) is 3.22. The van der Waals surface area contributed by atoms with E-state index in [0.717, 1.165) is 12.6 Å². The molecule has 0 aliphatic heterocycles.